The van der Waals surface area contributed by atoms with Gasteiger partial charge >= 0.3 is 0 Å². The fourth-order valence-corrected chi connectivity index (χ4v) is 1.59. The van der Waals surface area contributed by atoms with Crippen molar-refractivity contribution in [2.45, 2.75) is 6.54 Å². The number of rotatable bonds is 4. The Morgan fingerprint density at radius 2 is 2.20 bits per heavy atom. The summed E-state index contributed by atoms with van der Waals surface area (Å²) in [4.78, 5) is 15.9. The number of hydrogen-bond acceptors (Lipinski definition) is 4. The highest BCUT2D eigenvalue weighted by molar-refractivity contribution is 5.94. The number of methoxy groups -OCH3 is 1. The van der Waals surface area contributed by atoms with E-state index in [2.05, 4.69) is 10.3 Å². The Kier molecular flexibility index (Phi) is 4.14. The summed E-state index contributed by atoms with van der Waals surface area (Å²) in [5.74, 6) is -0.482. The second-order valence-electron chi connectivity index (χ2n) is 4.13. The van der Waals surface area contributed by atoms with Crippen molar-refractivity contribution in [1.29, 1.82) is 0 Å². The molecule has 0 saturated heterocycles. The van der Waals surface area contributed by atoms with Gasteiger partial charge in [0.15, 0.2) is 0 Å². The molecule has 0 aliphatic heterocycles. The average Bonchev–Trinajstić information content (AvgIpc) is 2.48. The number of amides is 1. The molecule has 0 radical (unpaired) electrons. The van der Waals surface area contributed by atoms with Crippen LogP contribution in [0.3, 0.4) is 0 Å². The van der Waals surface area contributed by atoms with E-state index in [1.54, 1.807) is 18.3 Å². The van der Waals surface area contributed by atoms with E-state index in [0.29, 0.717) is 12.4 Å². The molecule has 3 N–H and O–H groups in total. The maximum Gasteiger partial charge on any atom is 0.251 e. The zero-order chi connectivity index (χ0) is 14.5. The minimum absolute atomic E-state index is 0.0147. The molecule has 0 bridgehead atoms. The molecule has 0 saturated carbocycles. The Morgan fingerprint density at radius 1 is 1.40 bits per heavy atom. The van der Waals surface area contributed by atoms with Crippen LogP contribution in [0.4, 0.5) is 10.1 Å². The normalized spacial score (nSPS) is 10.1. The second kappa shape index (κ2) is 6.01. The van der Waals surface area contributed by atoms with Crippen molar-refractivity contribution >= 4 is 11.6 Å². The third-order valence-electron chi connectivity index (χ3n) is 2.72. The predicted octanol–water partition coefficient (Wildman–Crippen LogP) is 1.74. The average molecular weight is 275 g/mol. The van der Waals surface area contributed by atoms with E-state index in [1.807, 2.05) is 0 Å². The molecule has 0 aliphatic rings. The maximum absolute atomic E-state index is 13.3. The van der Waals surface area contributed by atoms with E-state index < -0.39 is 5.82 Å². The van der Waals surface area contributed by atoms with E-state index in [9.17, 15) is 9.18 Å². The molecular formula is C14H14FN3O2. The topological polar surface area (TPSA) is 77.2 Å². The van der Waals surface area contributed by atoms with Gasteiger partial charge in [-0.15, -0.1) is 0 Å². The van der Waals surface area contributed by atoms with Crippen LogP contribution >= 0.6 is 0 Å². The summed E-state index contributed by atoms with van der Waals surface area (Å²) in [7, 11) is 1.53. The molecule has 1 amide bonds. The minimum Gasteiger partial charge on any atom is -0.481 e. The molecule has 0 aliphatic carbocycles. The number of aromatic nitrogens is 1. The monoisotopic (exact) mass is 275 g/mol. The zero-order valence-corrected chi connectivity index (χ0v) is 10.9. The van der Waals surface area contributed by atoms with Crippen LogP contribution in [0.1, 0.15) is 15.9 Å². The van der Waals surface area contributed by atoms with Gasteiger partial charge < -0.3 is 15.8 Å². The number of benzene rings is 1. The number of nitrogens with zero attached hydrogens (tertiary/aromatic N) is 1. The molecule has 6 heteroatoms. The van der Waals surface area contributed by atoms with E-state index in [4.69, 9.17) is 10.5 Å². The summed E-state index contributed by atoms with van der Waals surface area (Å²) in [6, 6.07) is 7.43. The first-order valence-electron chi connectivity index (χ1n) is 5.92. The molecule has 1 aromatic heterocycles. The van der Waals surface area contributed by atoms with Gasteiger partial charge in [0.05, 0.1) is 12.8 Å². The summed E-state index contributed by atoms with van der Waals surface area (Å²) in [6.45, 7) is 0.293. The number of carbonyl (C=O) groups excluding carboxylic acids is 1. The number of nitrogen functional groups attached to an aromatic ring is 1. The molecule has 2 aromatic rings. The first-order valence-corrected chi connectivity index (χ1v) is 5.92. The fraction of sp³-hybridized carbons (Fsp3) is 0.143. The van der Waals surface area contributed by atoms with Crippen molar-refractivity contribution in [3.63, 3.8) is 0 Å². The number of carbonyl (C=O) groups is 1. The third kappa shape index (κ3) is 3.23. The lowest BCUT2D eigenvalue weighted by Gasteiger charge is -2.06. The summed E-state index contributed by atoms with van der Waals surface area (Å²) in [5, 5.41) is 2.67. The van der Waals surface area contributed by atoms with Gasteiger partial charge in [-0.05, 0) is 23.8 Å². The Balaban J connectivity index is 1.98. The number of nitrogens with two attached hydrogens (primary N) is 1. The van der Waals surface area contributed by atoms with Gasteiger partial charge in [-0.3, -0.25) is 4.79 Å². The van der Waals surface area contributed by atoms with Crippen molar-refractivity contribution in [3.8, 4) is 5.88 Å². The van der Waals surface area contributed by atoms with Crippen LogP contribution in [-0.4, -0.2) is 18.0 Å². The van der Waals surface area contributed by atoms with Crippen LogP contribution in [0.25, 0.3) is 0 Å². The van der Waals surface area contributed by atoms with Crippen LogP contribution in [0.2, 0.25) is 0 Å². The number of halogens is 1. The van der Waals surface area contributed by atoms with E-state index >= 15 is 0 Å². The lowest BCUT2D eigenvalue weighted by Crippen LogP contribution is -2.23. The van der Waals surface area contributed by atoms with E-state index in [-0.39, 0.29) is 17.2 Å². The summed E-state index contributed by atoms with van der Waals surface area (Å²) in [5.41, 5.74) is 6.40. The Labute approximate surface area is 115 Å². The van der Waals surface area contributed by atoms with Gasteiger partial charge in [-0.1, -0.05) is 6.07 Å². The van der Waals surface area contributed by atoms with Gasteiger partial charge in [0.2, 0.25) is 5.88 Å². The van der Waals surface area contributed by atoms with Crippen LogP contribution in [0, 0.1) is 5.82 Å². The zero-order valence-electron chi connectivity index (χ0n) is 10.9. The number of pyridine rings is 1. The Bertz CT molecular complexity index is 614. The first-order chi connectivity index (χ1) is 9.60. The van der Waals surface area contributed by atoms with Gasteiger partial charge in [-0.25, -0.2) is 9.37 Å². The predicted molar refractivity (Wildman–Crippen MR) is 72.8 cm³/mol. The first kappa shape index (κ1) is 13.8. The number of hydrogen-bond donors (Lipinski definition) is 2. The number of anilines is 1. The number of nitrogens with one attached hydrogen (secondary N) is 1. The SMILES string of the molecule is COc1ccc(CNC(=O)c2ccc(N)c(F)c2)cn1. The summed E-state index contributed by atoms with van der Waals surface area (Å²) >= 11 is 0. The highest BCUT2D eigenvalue weighted by Crippen LogP contribution is 2.12. The lowest BCUT2D eigenvalue weighted by atomic mass is 10.2. The molecule has 0 atom stereocenters. The largest absolute Gasteiger partial charge is 0.481 e. The summed E-state index contributed by atoms with van der Waals surface area (Å²) in [6.07, 6.45) is 1.60. The van der Waals surface area contributed by atoms with Crippen LogP contribution in [0.15, 0.2) is 36.5 Å². The minimum atomic E-state index is -0.608. The molecule has 0 unspecified atom stereocenters. The molecular weight excluding hydrogens is 261 g/mol. The smallest absolute Gasteiger partial charge is 0.251 e. The highest BCUT2D eigenvalue weighted by Gasteiger charge is 2.08. The fourth-order valence-electron chi connectivity index (χ4n) is 1.59. The van der Waals surface area contributed by atoms with Crippen LogP contribution in [-0.2, 0) is 6.54 Å². The summed E-state index contributed by atoms with van der Waals surface area (Å²) < 4.78 is 18.2. The van der Waals surface area contributed by atoms with Gasteiger partial charge in [0.25, 0.3) is 5.91 Å². The molecule has 5 nitrogen and oxygen atoms in total. The molecule has 0 spiro atoms. The van der Waals surface area contributed by atoms with Crippen molar-refractivity contribution in [1.82, 2.24) is 10.3 Å². The quantitative estimate of drug-likeness (QED) is 0.833. The number of ether oxygens (including phenoxy) is 1. The molecule has 1 aromatic carbocycles. The van der Waals surface area contributed by atoms with Crippen LogP contribution in [0.5, 0.6) is 5.88 Å². The van der Waals surface area contributed by atoms with Crippen molar-refractivity contribution in [2.75, 3.05) is 12.8 Å². The van der Waals surface area contributed by atoms with Gasteiger partial charge in [0, 0.05) is 24.4 Å². The Hall–Kier alpha value is -2.63. The molecule has 104 valence electrons. The Morgan fingerprint density at radius 3 is 2.80 bits per heavy atom. The van der Waals surface area contributed by atoms with E-state index in [1.165, 1.54) is 19.2 Å². The molecule has 2 rings (SSSR count). The lowest BCUT2D eigenvalue weighted by molar-refractivity contribution is 0.0950. The second-order valence-corrected chi connectivity index (χ2v) is 4.13. The standard InChI is InChI=1S/C14H14FN3O2/c1-20-13-5-2-9(7-17-13)8-18-14(19)10-3-4-12(16)11(15)6-10/h2-7H,8,16H2,1H3,(H,18,19). The molecule has 0 fully saturated rings. The van der Waals surface area contributed by atoms with Crippen molar-refractivity contribution in [3.05, 3.63) is 53.5 Å². The molecule has 20 heavy (non-hydrogen) atoms. The molecule has 1 heterocycles. The third-order valence-corrected chi connectivity index (χ3v) is 2.72. The van der Waals surface area contributed by atoms with Crippen molar-refractivity contribution < 1.29 is 13.9 Å². The maximum atomic E-state index is 13.3. The van der Waals surface area contributed by atoms with Gasteiger partial charge in [-0.2, -0.15) is 0 Å². The van der Waals surface area contributed by atoms with Gasteiger partial charge in [0.1, 0.15) is 5.82 Å². The highest BCUT2D eigenvalue weighted by atomic mass is 19.1. The van der Waals surface area contributed by atoms with E-state index in [0.717, 1.165) is 11.6 Å². The van der Waals surface area contributed by atoms with Crippen molar-refractivity contribution in [2.24, 2.45) is 0 Å². The van der Waals surface area contributed by atoms with Crippen LogP contribution < -0.4 is 15.8 Å².